The van der Waals surface area contributed by atoms with Crippen molar-refractivity contribution >= 4 is 22.8 Å². The molecule has 0 aliphatic carbocycles. The Morgan fingerprint density at radius 2 is 0.808 bits per heavy atom. The van der Waals surface area contributed by atoms with Crippen molar-refractivity contribution in [2.45, 2.75) is 68.2 Å². The van der Waals surface area contributed by atoms with E-state index in [9.17, 15) is 0 Å². The van der Waals surface area contributed by atoms with E-state index in [4.69, 9.17) is 9.98 Å². The van der Waals surface area contributed by atoms with Crippen LogP contribution in [0.5, 0.6) is 0 Å². The average molecular weight is 353 g/mol. The van der Waals surface area contributed by atoms with Crippen molar-refractivity contribution in [3.63, 3.8) is 0 Å². The van der Waals surface area contributed by atoms with Gasteiger partial charge in [-0.3, -0.25) is 9.98 Å². The number of hydrogen-bond donors (Lipinski definition) is 0. The van der Waals surface area contributed by atoms with Crippen LogP contribution in [0.2, 0.25) is 0 Å². The smallest absolute Gasteiger partial charge is 0.0673 e. The van der Waals surface area contributed by atoms with Crippen LogP contribution in [0, 0.1) is 0 Å². The minimum absolute atomic E-state index is 0.920. The van der Waals surface area contributed by atoms with Gasteiger partial charge >= 0.3 is 0 Å². The lowest BCUT2D eigenvalue weighted by Gasteiger charge is -1.97. The second-order valence-electron chi connectivity index (χ2n) is 4.73. The first kappa shape index (κ1) is 23.8. The lowest BCUT2D eigenvalue weighted by atomic mass is 10.0. The van der Waals surface area contributed by atoms with E-state index in [-0.39, 0.29) is 0 Å². The first-order valence-corrected chi connectivity index (χ1v) is 10.2. The van der Waals surface area contributed by atoms with Gasteiger partial charge in [-0.25, -0.2) is 0 Å². The van der Waals surface area contributed by atoms with Crippen molar-refractivity contribution in [3.8, 4) is 0 Å². The van der Waals surface area contributed by atoms with Crippen LogP contribution < -0.4 is 0 Å². The van der Waals surface area contributed by atoms with Gasteiger partial charge in [-0.1, -0.05) is 91.8 Å². The molecule has 0 aromatic heterocycles. The summed E-state index contributed by atoms with van der Waals surface area (Å²) in [6.07, 6.45) is 1.84. The molecule has 2 aromatic rings. The molecular formula is C24H36N2. The third kappa shape index (κ3) is 5.94. The van der Waals surface area contributed by atoms with Crippen LogP contribution >= 0.6 is 0 Å². The number of benzene rings is 2. The van der Waals surface area contributed by atoms with Crippen molar-refractivity contribution in [2.75, 3.05) is 0 Å². The minimum Gasteiger partial charge on any atom is -0.251 e. The molecule has 2 aliphatic rings. The minimum atomic E-state index is 0.920. The molecule has 142 valence electrons. The summed E-state index contributed by atoms with van der Waals surface area (Å²) in [5.74, 6) is 0. The number of para-hydroxylation sites is 2. The fourth-order valence-corrected chi connectivity index (χ4v) is 2.60. The summed E-state index contributed by atoms with van der Waals surface area (Å²) in [5, 5.41) is 0. The van der Waals surface area contributed by atoms with Crippen molar-refractivity contribution in [2.24, 2.45) is 9.98 Å². The zero-order valence-corrected chi connectivity index (χ0v) is 17.9. The Morgan fingerprint density at radius 3 is 1.12 bits per heavy atom. The highest BCUT2D eigenvalue weighted by Gasteiger charge is 2.22. The van der Waals surface area contributed by atoms with Gasteiger partial charge in [0.05, 0.1) is 22.8 Å². The molecule has 0 saturated carbocycles. The second-order valence-corrected chi connectivity index (χ2v) is 4.73. The summed E-state index contributed by atoms with van der Waals surface area (Å²) in [6, 6.07) is 16.7. The van der Waals surface area contributed by atoms with Gasteiger partial charge < -0.3 is 0 Å². The summed E-state index contributed by atoms with van der Waals surface area (Å²) < 4.78 is 0. The van der Waals surface area contributed by atoms with Crippen molar-refractivity contribution in [1.82, 2.24) is 0 Å². The fourth-order valence-electron chi connectivity index (χ4n) is 2.60. The number of fused-ring (bicyclic) bond motifs is 2. The molecule has 2 heteroatoms. The lowest BCUT2D eigenvalue weighted by molar-refractivity contribution is 1.38. The molecule has 2 heterocycles. The van der Waals surface area contributed by atoms with E-state index in [0.29, 0.717) is 0 Å². The highest BCUT2D eigenvalue weighted by atomic mass is 14.9. The van der Waals surface area contributed by atoms with Gasteiger partial charge in [0, 0.05) is 12.8 Å². The van der Waals surface area contributed by atoms with Crippen LogP contribution in [0.1, 0.15) is 66.5 Å². The van der Waals surface area contributed by atoms with Crippen LogP contribution in [0.25, 0.3) is 0 Å². The zero-order valence-electron chi connectivity index (χ0n) is 17.9. The second kappa shape index (κ2) is 14.0. The maximum atomic E-state index is 4.70. The largest absolute Gasteiger partial charge is 0.251 e. The van der Waals surface area contributed by atoms with E-state index >= 15 is 0 Å². The number of rotatable bonds is 1. The van der Waals surface area contributed by atoms with Crippen molar-refractivity contribution < 1.29 is 0 Å². The molecule has 0 spiro atoms. The van der Waals surface area contributed by atoms with Gasteiger partial charge in [-0.05, 0) is 23.3 Å². The predicted molar refractivity (Wildman–Crippen MR) is 120 cm³/mol. The summed E-state index contributed by atoms with van der Waals surface area (Å²) >= 11 is 0. The molecule has 0 atom stereocenters. The molecule has 4 rings (SSSR count). The lowest BCUT2D eigenvalue weighted by Crippen LogP contribution is -2.13. The van der Waals surface area contributed by atoms with E-state index in [2.05, 4.69) is 36.4 Å². The Labute approximate surface area is 161 Å². The molecule has 26 heavy (non-hydrogen) atoms. The molecule has 0 fully saturated rings. The number of nitrogens with zero attached hydrogens (tertiary/aromatic N) is 2. The van der Waals surface area contributed by atoms with Crippen molar-refractivity contribution in [3.05, 3.63) is 59.7 Å². The highest BCUT2D eigenvalue weighted by molar-refractivity contribution is 6.45. The van der Waals surface area contributed by atoms with Gasteiger partial charge in [-0.2, -0.15) is 0 Å². The molecule has 0 N–H and O–H groups in total. The van der Waals surface area contributed by atoms with Crippen LogP contribution in [0.15, 0.2) is 58.5 Å². The molecule has 0 amide bonds. The highest BCUT2D eigenvalue weighted by Crippen LogP contribution is 2.31. The van der Waals surface area contributed by atoms with Crippen LogP contribution in [0.3, 0.4) is 0 Å². The van der Waals surface area contributed by atoms with E-state index in [0.717, 1.165) is 35.6 Å². The maximum Gasteiger partial charge on any atom is 0.0673 e. The molecule has 2 nitrogen and oxygen atoms in total. The van der Waals surface area contributed by atoms with Crippen LogP contribution in [0.4, 0.5) is 11.4 Å². The van der Waals surface area contributed by atoms with Gasteiger partial charge in [-0.15, -0.1) is 0 Å². The molecule has 0 saturated heterocycles. The summed E-state index contributed by atoms with van der Waals surface area (Å²) in [6.45, 7) is 16.0. The van der Waals surface area contributed by atoms with Crippen LogP contribution in [-0.2, 0) is 12.8 Å². The van der Waals surface area contributed by atoms with Gasteiger partial charge in [0.1, 0.15) is 0 Å². The van der Waals surface area contributed by atoms with E-state index in [1.807, 2.05) is 67.5 Å². The number of hydrogen-bond acceptors (Lipinski definition) is 2. The Kier molecular flexibility index (Phi) is 12.8. The summed E-state index contributed by atoms with van der Waals surface area (Å²) in [5.41, 5.74) is 7.09. The van der Waals surface area contributed by atoms with Gasteiger partial charge in [0.15, 0.2) is 0 Å². The van der Waals surface area contributed by atoms with E-state index in [1.54, 1.807) is 0 Å². The molecule has 0 radical (unpaired) electrons. The third-order valence-electron chi connectivity index (χ3n) is 3.54. The first-order chi connectivity index (χ1) is 12.9. The molecule has 2 aromatic carbocycles. The average Bonchev–Trinajstić information content (AvgIpc) is 3.38. The Balaban J connectivity index is 0.000000698. The Morgan fingerprint density at radius 1 is 0.500 bits per heavy atom. The zero-order chi connectivity index (χ0) is 19.9. The fraction of sp³-hybridized carbons (Fsp3) is 0.417. The molecule has 2 aliphatic heterocycles. The molecular weight excluding hydrogens is 316 g/mol. The SMILES string of the molecule is CC.CC.CC.CC.c1ccc2c(c1)CC(C1=Nc3ccccc3C1)=N2. The maximum absolute atomic E-state index is 4.70. The summed E-state index contributed by atoms with van der Waals surface area (Å²) in [4.78, 5) is 9.41. The quantitative estimate of drug-likeness (QED) is 0.501. The Hall–Kier alpha value is -2.22. The van der Waals surface area contributed by atoms with E-state index < -0.39 is 0 Å². The third-order valence-corrected chi connectivity index (χ3v) is 3.54. The van der Waals surface area contributed by atoms with Gasteiger partial charge in [0.2, 0.25) is 0 Å². The summed E-state index contributed by atoms with van der Waals surface area (Å²) in [7, 11) is 0. The monoisotopic (exact) mass is 352 g/mol. The predicted octanol–water partition coefficient (Wildman–Crippen LogP) is 7.75. The normalized spacial score (nSPS) is 12.0. The molecule has 0 unspecified atom stereocenters. The number of aliphatic imine (C=N–C) groups is 2. The van der Waals surface area contributed by atoms with Gasteiger partial charge in [0.25, 0.3) is 0 Å². The standard InChI is InChI=1S/C16H12N2.4C2H6/c1-3-7-13-11(5-1)9-15(17-13)16-10-12-6-2-4-8-14(12)18-16;4*1-2/h1-8H,9-10H2;4*1-2H3. The topological polar surface area (TPSA) is 24.7 Å². The first-order valence-electron chi connectivity index (χ1n) is 10.2. The van der Waals surface area contributed by atoms with Crippen molar-refractivity contribution in [1.29, 1.82) is 0 Å². The molecule has 0 bridgehead atoms. The Bertz CT molecular complexity index is 635. The van der Waals surface area contributed by atoms with E-state index in [1.165, 1.54) is 11.1 Å². The van der Waals surface area contributed by atoms with Crippen LogP contribution in [-0.4, -0.2) is 11.4 Å².